The van der Waals surface area contributed by atoms with E-state index >= 15 is 0 Å². The Kier molecular flexibility index (Phi) is 4.75. The largest absolute Gasteiger partial charge is 0.493 e. The second-order valence-electron chi connectivity index (χ2n) is 5.18. The molecular formula is C15H21N3O4. The molecule has 0 unspecified atom stereocenters. The molecule has 0 aromatic heterocycles. The minimum absolute atomic E-state index is 0.0929. The van der Waals surface area contributed by atoms with E-state index in [1.54, 1.807) is 56.3 Å². The van der Waals surface area contributed by atoms with Crippen LogP contribution in [0.2, 0.25) is 0 Å². The normalized spacial score (nSPS) is 14.3. The molecule has 7 heteroatoms. The van der Waals surface area contributed by atoms with Gasteiger partial charge in [0.15, 0.2) is 11.5 Å². The summed E-state index contributed by atoms with van der Waals surface area (Å²) < 4.78 is 10.4. The van der Waals surface area contributed by atoms with Gasteiger partial charge in [-0.25, -0.2) is 4.79 Å². The molecule has 0 saturated carbocycles. The van der Waals surface area contributed by atoms with Crippen LogP contribution < -0.4 is 14.4 Å². The molecule has 1 fully saturated rings. The van der Waals surface area contributed by atoms with E-state index in [0.29, 0.717) is 24.6 Å². The number of likely N-dealkylation sites (N-methyl/N-ethyl adjacent to an activating group) is 1. The third-order valence-corrected chi connectivity index (χ3v) is 3.60. The SMILES string of the molecule is COc1ccc(N2CCN(CC(=O)N(C)C)C2=O)cc1OC. The van der Waals surface area contributed by atoms with Crippen molar-refractivity contribution in [1.29, 1.82) is 0 Å². The number of hydrogen-bond acceptors (Lipinski definition) is 4. The van der Waals surface area contributed by atoms with Crippen molar-refractivity contribution in [2.24, 2.45) is 0 Å². The Morgan fingerprint density at radius 2 is 1.86 bits per heavy atom. The molecule has 1 aliphatic rings. The lowest BCUT2D eigenvalue weighted by atomic mass is 10.2. The molecule has 3 amide bonds. The molecule has 0 atom stereocenters. The lowest BCUT2D eigenvalue weighted by Crippen LogP contribution is -2.39. The van der Waals surface area contributed by atoms with E-state index in [4.69, 9.17) is 9.47 Å². The number of nitrogens with zero attached hydrogens (tertiary/aromatic N) is 3. The van der Waals surface area contributed by atoms with Crippen molar-refractivity contribution in [2.45, 2.75) is 0 Å². The summed E-state index contributed by atoms with van der Waals surface area (Å²) >= 11 is 0. The van der Waals surface area contributed by atoms with Crippen LogP contribution in [0, 0.1) is 0 Å². The minimum Gasteiger partial charge on any atom is -0.493 e. The van der Waals surface area contributed by atoms with Crippen LogP contribution in [0.25, 0.3) is 0 Å². The monoisotopic (exact) mass is 307 g/mol. The number of rotatable bonds is 5. The minimum atomic E-state index is -0.178. The van der Waals surface area contributed by atoms with E-state index in [0.717, 1.165) is 5.69 Å². The molecule has 2 rings (SSSR count). The van der Waals surface area contributed by atoms with Gasteiger partial charge in [0.1, 0.15) is 6.54 Å². The standard InChI is InChI=1S/C15H21N3O4/c1-16(2)14(19)10-17-7-8-18(15(17)20)11-5-6-12(21-3)13(9-11)22-4/h5-6,9H,7-8,10H2,1-4H3. The van der Waals surface area contributed by atoms with Gasteiger partial charge in [-0.05, 0) is 12.1 Å². The highest BCUT2D eigenvalue weighted by Gasteiger charge is 2.31. The second-order valence-corrected chi connectivity index (χ2v) is 5.18. The fourth-order valence-electron chi connectivity index (χ4n) is 2.27. The molecule has 0 spiro atoms. The summed E-state index contributed by atoms with van der Waals surface area (Å²) in [5.74, 6) is 1.08. The van der Waals surface area contributed by atoms with Crippen LogP contribution in [0.15, 0.2) is 18.2 Å². The van der Waals surface area contributed by atoms with Gasteiger partial charge in [0.05, 0.1) is 14.2 Å². The van der Waals surface area contributed by atoms with Crippen molar-refractivity contribution in [1.82, 2.24) is 9.80 Å². The average molecular weight is 307 g/mol. The van der Waals surface area contributed by atoms with Crippen LogP contribution in [-0.4, -0.2) is 69.7 Å². The first-order chi connectivity index (χ1) is 10.5. The molecule has 1 aromatic carbocycles. The zero-order valence-electron chi connectivity index (χ0n) is 13.3. The molecule has 1 saturated heterocycles. The van der Waals surface area contributed by atoms with E-state index in [1.165, 1.54) is 4.90 Å². The van der Waals surface area contributed by atoms with Crippen molar-refractivity contribution >= 4 is 17.6 Å². The van der Waals surface area contributed by atoms with Crippen molar-refractivity contribution in [3.63, 3.8) is 0 Å². The smallest absolute Gasteiger partial charge is 0.325 e. The first-order valence-corrected chi connectivity index (χ1v) is 6.96. The topological polar surface area (TPSA) is 62.3 Å². The quantitative estimate of drug-likeness (QED) is 0.815. The van der Waals surface area contributed by atoms with Crippen LogP contribution in [0.1, 0.15) is 0 Å². The number of carbonyl (C=O) groups is 2. The predicted octanol–water partition coefficient (Wildman–Crippen LogP) is 1.03. The number of urea groups is 1. The van der Waals surface area contributed by atoms with Crippen molar-refractivity contribution < 1.29 is 19.1 Å². The zero-order valence-corrected chi connectivity index (χ0v) is 13.3. The zero-order chi connectivity index (χ0) is 16.3. The van der Waals surface area contributed by atoms with E-state index in [1.807, 2.05) is 0 Å². The summed E-state index contributed by atoms with van der Waals surface area (Å²) in [6, 6.07) is 5.14. The Balaban J connectivity index is 2.14. The number of amides is 3. The number of anilines is 1. The van der Waals surface area contributed by atoms with Crippen molar-refractivity contribution in [3.8, 4) is 11.5 Å². The van der Waals surface area contributed by atoms with E-state index in [-0.39, 0.29) is 18.5 Å². The molecule has 1 heterocycles. The fraction of sp³-hybridized carbons (Fsp3) is 0.467. The number of carbonyl (C=O) groups excluding carboxylic acids is 2. The molecule has 1 aliphatic heterocycles. The van der Waals surface area contributed by atoms with Gasteiger partial charge in [-0.2, -0.15) is 0 Å². The van der Waals surface area contributed by atoms with Gasteiger partial charge in [-0.15, -0.1) is 0 Å². The first kappa shape index (κ1) is 15.9. The molecule has 22 heavy (non-hydrogen) atoms. The van der Waals surface area contributed by atoms with Crippen LogP contribution in [-0.2, 0) is 4.79 Å². The fourth-order valence-corrected chi connectivity index (χ4v) is 2.27. The number of methoxy groups -OCH3 is 2. The van der Waals surface area contributed by atoms with Crippen molar-refractivity contribution in [3.05, 3.63) is 18.2 Å². The summed E-state index contributed by atoms with van der Waals surface area (Å²) in [6.45, 7) is 1.15. The Hall–Kier alpha value is -2.44. The lowest BCUT2D eigenvalue weighted by molar-refractivity contribution is -0.129. The number of ether oxygens (including phenoxy) is 2. The summed E-state index contributed by atoms with van der Waals surface area (Å²) in [7, 11) is 6.46. The third-order valence-electron chi connectivity index (χ3n) is 3.60. The summed E-state index contributed by atoms with van der Waals surface area (Å²) in [5.41, 5.74) is 0.724. The molecule has 0 bridgehead atoms. The molecule has 0 N–H and O–H groups in total. The van der Waals surface area contributed by atoms with Gasteiger partial charge in [0.2, 0.25) is 5.91 Å². The van der Waals surface area contributed by atoms with Gasteiger partial charge < -0.3 is 19.3 Å². The molecule has 0 aliphatic carbocycles. The van der Waals surface area contributed by atoms with Crippen LogP contribution in [0.5, 0.6) is 11.5 Å². The van der Waals surface area contributed by atoms with Crippen LogP contribution in [0.3, 0.4) is 0 Å². The van der Waals surface area contributed by atoms with Crippen LogP contribution >= 0.6 is 0 Å². The molecule has 1 aromatic rings. The number of hydrogen-bond donors (Lipinski definition) is 0. The Bertz CT molecular complexity index is 574. The van der Waals surface area contributed by atoms with Gasteiger partial charge in [0.25, 0.3) is 0 Å². The van der Waals surface area contributed by atoms with E-state index < -0.39 is 0 Å². The van der Waals surface area contributed by atoms with Crippen molar-refractivity contribution in [2.75, 3.05) is 52.8 Å². The third kappa shape index (κ3) is 3.08. The highest BCUT2D eigenvalue weighted by Crippen LogP contribution is 2.32. The Morgan fingerprint density at radius 1 is 1.18 bits per heavy atom. The predicted molar refractivity (Wildman–Crippen MR) is 82.6 cm³/mol. The first-order valence-electron chi connectivity index (χ1n) is 6.96. The summed E-state index contributed by atoms with van der Waals surface area (Å²) in [6.07, 6.45) is 0. The van der Waals surface area contributed by atoms with Gasteiger partial charge in [-0.3, -0.25) is 9.69 Å². The maximum absolute atomic E-state index is 12.4. The second kappa shape index (κ2) is 6.55. The Morgan fingerprint density at radius 3 is 2.45 bits per heavy atom. The average Bonchev–Trinajstić information content (AvgIpc) is 2.87. The summed E-state index contributed by atoms with van der Waals surface area (Å²) in [4.78, 5) is 28.8. The molecular weight excluding hydrogens is 286 g/mol. The van der Waals surface area contributed by atoms with E-state index in [2.05, 4.69) is 0 Å². The molecule has 120 valence electrons. The Labute approximate surface area is 130 Å². The van der Waals surface area contributed by atoms with Gasteiger partial charge in [-0.1, -0.05) is 0 Å². The maximum Gasteiger partial charge on any atom is 0.325 e. The maximum atomic E-state index is 12.4. The highest BCUT2D eigenvalue weighted by molar-refractivity contribution is 5.96. The van der Waals surface area contributed by atoms with Gasteiger partial charge in [0, 0.05) is 38.9 Å². The lowest BCUT2D eigenvalue weighted by Gasteiger charge is -2.20. The summed E-state index contributed by atoms with van der Waals surface area (Å²) in [5, 5.41) is 0. The highest BCUT2D eigenvalue weighted by atomic mass is 16.5. The number of benzene rings is 1. The van der Waals surface area contributed by atoms with Gasteiger partial charge >= 0.3 is 6.03 Å². The van der Waals surface area contributed by atoms with E-state index in [9.17, 15) is 9.59 Å². The molecule has 7 nitrogen and oxygen atoms in total. The van der Waals surface area contributed by atoms with Crippen LogP contribution in [0.4, 0.5) is 10.5 Å². The molecule has 0 radical (unpaired) electrons.